The van der Waals surface area contributed by atoms with Gasteiger partial charge < -0.3 is 4.84 Å². The molecule has 1 heterocycles. The zero-order chi connectivity index (χ0) is 18.0. The van der Waals surface area contributed by atoms with Gasteiger partial charge in [0.05, 0.1) is 10.3 Å². The van der Waals surface area contributed by atoms with Crippen LogP contribution in [0, 0.1) is 5.41 Å². The Morgan fingerprint density at radius 3 is 2.46 bits per heavy atom. The fourth-order valence-electron chi connectivity index (χ4n) is 2.24. The fraction of sp³-hybridized carbons (Fsp3) is 0.562. The number of halogens is 1. The van der Waals surface area contributed by atoms with Gasteiger partial charge in [0.2, 0.25) is 10.0 Å². The summed E-state index contributed by atoms with van der Waals surface area (Å²) < 4.78 is 28.3. The van der Waals surface area contributed by atoms with Crippen LogP contribution in [-0.4, -0.2) is 38.6 Å². The van der Waals surface area contributed by atoms with E-state index in [2.05, 4.69) is 20.7 Å². The van der Waals surface area contributed by atoms with Crippen molar-refractivity contribution in [1.29, 1.82) is 0 Å². The largest absolute Gasteiger partial charge is 0.367 e. The number of carbonyl (C=O) groups is 1. The van der Waals surface area contributed by atoms with Gasteiger partial charge in [0.15, 0.2) is 0 Å². The third-order valence-corrected chi connectivity index (χ3v) is 5.72. The third kappa shape index (κ3) is 5.27. The summed E-state index contributed by atoms with van der Waals surface area (Å²) in [5.41, 5.74) is -0.556. The Hall–Kier alpha value is -0.960. The van der Waals surface area contributed by atoms with Crippen LogP contribution in [0.1, 0.15) is 33.6 Å². The Morgan fingerprint density at radius 2 is 1.92 bits per heavy atom. The first-order valence-electron chi connectivity index (χ1n) is 7.83. The molecule has 1 aliphatic rings. The Labute approximate surface area is 151 Å². The normalized spacial score (nSPS) is 17.7. The van der Waals surface area contributed by atoms with Crippen LogP contribution in [0.2, 0.25) is 0 Å². The molecule has 1 saturated heterocycles. The van der Waals surface area contributed by atoms with Gasteiger partial charge in [-0.15, -0.1) is 5.06 Å². The smallest absolute Gasteiger partial charge is 0.330 e. The molecule has 0 aliphatic carbocycles. The predicted molar refractivity (Wildman–Crippen MR) is 94.6 cm³/mol. The van der Waals surface area contributed by atoms with Gasteiger partial charge >= 0.3 is 5.97 Å². The topological polar surface area (TPSA) is 75.7 Å². The van der Waals surface area contributed by atoms with Gasteiger partial charge in [0.25, 0.3) is 0 Å². The quantitative estimate of drug-likeness (QED) is 0.812. The van der Waals surface area contributed by atoms with E-state index in [1.165, 1.54) is 0 Å². The number of sulfonamides is 1. The zero-order valence-corrected chi connectivity index (χ0v) is 16.5. The lowest BCUT2D eigenvalue weighted by Crippen LogP contribution is -2.46. The maximum Gasteiger partial charge on any atom is 0.330 e. The van der Waals surface area contributed by atoms with Crippen molar-refractivity contribution in [3.63, 3.8) is 0 Å². The Morgan fingerprint density at radius 1 is 1.29 bits per heavy atom. The first-order chi connectivity index (χ1) is 11.1. The molecule has 0 bridgehead atoms. The second-order valence-electron chi connectivity index (χ2n) is 6.91. The second kappa shape index (κ2) is 7.51. The molecular formula is C16H23BrN2O4S. The summed E-state index contributed by atoms with van der Waals surface area (Å²) in [4.78, 5) is 17.5. The second-order valence-corrected chi connectivity index (χ2v) is 9.54. The Bertz CT molecular complexity index is 692. The van der Waals surface area contributed by atoms with Crippen molar-refractivity contribution < 1.29 is 18.0 Å². The minimum absolute atomic E-state index is 0.168. The van der Waals surface area contributed by atoms with Crippen molar-refractivity contribution in [2.24, 2.45) is 5.41 Å². The number of nitrogens with zero attached hydrogens (tertiary/aromatic N) is 1. The third-order valence-electron chi connectivity index (χ3n) is 3.71. The van der Waals surface area contributed by atoms with Gasteiger partial charge in [-0.25, -0.2) is 17.9 Å². The summed E-state index contributed by atoms with van der Waals surface area (Å²) in [5, 5.41) is 1.61. The average Bonchev–Trinajstić information content (AvgIpc) is 2.48. The van der Waals surface area contributed by atoms with E-state index in [0.717, 1.165) is 0 Å². The molecule has 134 valence electrons. The van der Waals surface area contributed by atoms with Gasteiger partial charge in [-0.1, -0.05) is 22.0 Å². The van der Waals surface area contributed by atoms with Gasteiger partial charge in [0, 0.05) is 23.6 Å². The van der Waals surface area contributed by atoms with Crippen LogP contribution >= 0.6 is 15.9 Å². The number of benzene rings is 1. The first-order valence-corrected chi connectivity index (χ1v) is 10.1. The molecule has 8 heteroatoms. The number of rotatable bonds is 4. The van der Waals surface area contributed by atoms with Crippen LogP contribution in [-0.2, 0) is 19.7 Å². The maximum atomic E-state index is 12.4. The summed E-state index contributed by atoms with van der Waals surface area (Å²) in [6.45, 7) is 6.41. The van der Waals surface area contributed by atoms with Crippen molar-refractivity contribution in [3.05, 3.63) is 28.7 Å². The highest BCUT2D eigenvalue weighted by atomic mass is 79.9. The highest BCUT2D eigenvalue weighted by molar-refractivity contribution is 9.10. The average molecular weight is 419 g/mol. The van der Waals surface area contributed by atoms with E-state index in [1.807, 2.05) is 0 Å². The minimum atomic E-state index is -3.55. The van der Waals surface area contributed by atoms with Crippen LogP contribution in [0.4, 0.5) is 0 Å². The molecule has 1 N–H and O–H groups in total. The van der Waals surface area contributed by atoms with Gasteiger partial charge in [-0.05, 0) is 51.8 Å². The lowest BCUT2D eigenvalue weighted by atomic mass is 9.98. The van der Waals surface area contributed by atoms with Crippen molar-refractivity contribution in [1.82, 2.24) is 9.79 Å². The monoisotopic (exact) mass is 418 g/mol. The molecule has 1 fully saturated rings. The number of hydroxylamine groups is 2. The molecule has 1 aromatic rings. The number of nitrogens with one attached hydrogen (secondary N) is 1. The Kier molecular flexibility index (Phi) is 6.06. The molecule has 0 unspecified atom stereocenters. The molecule has 1 aliphatic heterocycles. The van der Waals surface area contributed by atoms with Crippen LogP contribution in [0.3, 0.4) is 0 Å². The summed E-state index contributed by atoms with van der Waals surface area (Å²) in [6.07, 6.45) is 1.18. The molecule has 24 heavy (non-hydrogen) atoms. The Balaban J connectivity index is 1.90. The van der Waals surface area contributed by atoms with Crippen molar-refractivity contribution >= 4 is 31.9 Å². The maximum absolute atomic E-state index is 12.4. The van der Waals surface area contributed by atoms with E-state index in [4.69, 9.17) is 4.84 Å². The molecule has 6 nitrogen and oxygen atoms in total. The molecule has 0 radical (unpaired) electrons. The molecule has 0 spiro atoms. The highest BCUT2D eigenvalue weighted by Crippen LogP contribution is 2.20. The van der Waals surface area contributed by atoms with E-state index in [9.17, 15) is 13.2 Å². The molecule has 0 amide bonds. The van der Waals surface area contributed by atoms with Gasteiger partial charge in [0.1, 0.15) is 0 Å². The van der Waals surface area contributed by atoms with E-state index in [0.29, 0.717) is 30.4 Å². The van der Waals surface area contributed by atoms with Gasteiger partial charge in [-0.3, -0.25) is 0 Å². The van der Waals surface area contributed by atoms with E-state index < -0.39 is 15.4 Å². The summed E-state index contributed by atoms with van der Waals surface area (Å²) in [7, 11) is -3.55. The van der Waals surface area contributed by atoms with E-state index >= 15 is 0 Å². The van der Waals surface area contributed by atoms with Crippen LogP contribution in [0.15, 0.2) is 33.6 Å². The number of hydrogen-bond acceptors (Lipinski definition) is 5. The highest BCUT2D eigenvalue weighted by Gasteiger charge is 2.30. The molecule has 1 aromatic carbocycles. The first kappa shape index (κ1) is 19.4. The summed E-state index contributed by atoms with van der Waals surface area (Å²) >= 11 is 3.28. The molecule has 2 rings (SSSR count). The van der Waals surface area contributed by atoms with Crippen molar-refractivity contribution in [3.8, 4) is 0 Å². The minimum Gasteiger partial charge on any atom is -0.367 e. The predicted octanol–water partition coefficient (Wildman–Crippen LogP) is 2.70. The zero-order valence-electron chi connectivity index (χ0n) is 14.1. The number of carbonyl (C=O) groups excluding carboxylic acids is 1. The van der Waals surface area contributed by atoms with Crippen LogP contribution < -0.4 is 4.72 Å². The standard InChI is InChI=1S/C16H23BrN2O4S/c1-16(2,3)15(20)23-19-9-7-13(8-10-19)18-24(21,22)14-6-4-5-12(17)11-14/h4-6,11,13,18H,7-10H2,1-3H3. The van der Waals surface area contributed by atoms with Crippen LogP contribution in [0.25, 0.3) is 0 Å². The van der Waals surface area contributed by atoms with E-state index in [1.54, 1.807) is 50.1 Å². The van der Waals surface area contributed by atoms with Crippen molar-refractivity contribution in [2.45, 2.75) is 44.6 Å². The fourth-order valence-corrected chi connectivity index (χ4v) is 4.14. The van der Waals surface area contributed by atoms with Gasteiger partial charge in [-0.2, -0.15) is 0 Å². The molecule has 0 aromatic heterocycles. The summed E-state index contributed by atoms with van der Waals surface area (Å²) in [5.74, 6) is -0.282. The SMILES string of the molecule is CC(C)(C)C(=O)ON1CCC(NS(=O)(=O)c2cccc(Br)c2)CC1. The van der Waals surface area contributed by atoms with E-state index in [-0.39, 0.29) is 16.9 Å². The lowest BCUT2D eigenvalue weighted by Gasteiger charge is -2.32. The van der Waals surface area contributed by atoms with Crippen LogP contribution in [0.5, 0.6) is 0 Å². The molecular weight excluding hydrogens is 396 g/mol. The number of hydrogen-bond donors (Lipinski definition) is 1. The summed E-state index contributed by atoms with van der Waals surface area (Å²) in [6, 6.07) is 6.43. The lowest BCUT2D eigenvalue weighted by molar-refractivity contribution is -0.204. The molecule has 0 saturated carbocycles. The van der Waals surface area contributed by atoms with Crippen molar-refractivity contribution in [2.75, 3.05) is 13.1 Å². The number of piperidine rings is 1. The molecule has 0 atom stereocenters.